The molecule has 1 atom stereocenters. The highest BCUT2D eigenvalue weighted by molar-refractivity contribution is 9.10. The average molecular weight is 342 g/mol. The van der Waals surface area contributed by atoms with Crippen LogP contribution in [0.25, 0.3) is 0 Å². The van der Waals surface area contributed by atoms with Crippen LogP contribution in [0.4, 0.5) is 0 Å². The summed E-state index contributed by atoms with van der Waals surface area (Å²) in [6, 6.07) is 6.19. The van der Waals surface area contributed by atoms with Gasteiger partial charge in [-0.25, -0.2) is 4.79 Å². The minimum Gasteiger partial charge on any atom is -0.480 e. The van der Waals surface area contributed by atoms with Gasteiger partial charge in [0.1, 0.15) is 0 Å². The van der Waals surface area contributed by atoms with Crippen LogP contribution in [-0.4, -0.2) is 36.2 Å². The molecule has 0 saturated heterocycles. The van der Waals surface area contributed by atoms with Crippen LogP contribution in [0.2, 0.25) is 0 Å². The van der Waals surface area contributed by atoms with Crippen LogP contribution in [0.1, 0.15) is 5.56 Å². The first-order valence-corrected chi connectivity index (χ1v) is 6.77. The molecule has 1 amide bonds. The monoisotopic (exact) mass is 341 g/mol. The van der Waals surface area contributed by atoms with Crippen molar-refractivity contribution in [3.63, 3.8) is 0 Å². The van der Waals surface area contributed by atoms with Gasteiger partial charge in [-0.3, -0.25) is 4.79 Å². The molecular formula is C14H16BrNO4. The van der Waals surface area contributed by atoms with Crippen molar-refractivity contribution in [3.05, 3.63) is 47.0 Å². The van der Waals surface area contributed by atoms with Gasteiger partial charge in [-0.2, -0.15) is 0 Å². The van der Waals surface area contributed by atoms with E-state index in [0.29, 0.717) is 0 Å². The van der Waals surface area contributed by atoms with Crippen LogP contribution in [0, 0.1) is 0 Å². The lowest BCUT2D eigenvalue weighted by Gasteiger charge is -2.14. The van der Waals surface area contributed by atoms with Crippen molar-refractivity contribution in [2.45, 2.75) is 12.5 Å². The summed E-state index contributed by atoms with van der Waals surface area (Å²) in [4.78, 5) is 22.8. The summed E-state index contributed by atoms with van der Waals surface area (Å²) >= 11 is 3.30. The minimum atomic E-state index is -1.13. The van der Waals surface area contributed by atoms with Crippen molar-refractivity contribution in [1.82, 2.24) is 5.32 Å². The molecule has 0 heterocycles. The van der Waals surface area contributed by atoms with E-state index in [2.05, 4.69) is 27.8 Å². The Labute approximate surface area is 125 Å². The number of rotatable bonds is 8. The second kappa shape index (κ2) is 8.50. The highest BCUT2D eigenvalue weighted by atomic mass is 79.9. The lowest BCUT2D eigenvalue weighted by atomic mass is 10.1. The number of carbonyl (C=O) groups is 2. The third-order valence-electron chi connectivity index (χ3n) is 2.43. The summed E-state index contributed by atoms with van der Waals surface area (Å²) in [5.74, 6) is -1.49. The molecule has 0 aliphatic carbocycles. The number of carbonyl (C=O) groups excluding carboxylic acids is 1. The van der Waals surface area contributed by atoms with Gasteiger partial charge in [-0.15, -0.1) is 6.58 Å². The first kappa shape index (κ1) is 16.4. The minimum absolute atomic E-state index is 0.0899. The summed E-state index contributed by atoms with van der Waals surface area (Å²) in [7, 11) is 0. The zero-order chi connectivity index (χ0) is 15.0. The second-order valence-corrected chi connectivity index (χ2v) is 5.00. The fraction of sp³-hybridized carbons (Fsp3) is 0.286. The van der Waals surface area contributed by atoms with Gasteiger partial charge in [0.15, 0.2) is 6.04 Å². The van der Waals surface area contributed by atoms with E-state index in [1.165, 1.54) is 6.08 Å². The first-order chi connectivity index (χ1) is 9.52. The third-order valence-corrected chi connectivity index (χ3v) is 2.96. The first-order valence-electron chi connectivity index (χ1n) is 5.98. The van der Waals surface area contributed by atoms with Crippen LogP contribution in [0.3, 0.4) is 0 Å². The number of benzene rings is 1. The van der Waals surface area contributed by atoms with Gasteiger partial charge in [0.05, 0.1) is 19.6 Å². The maximum atomic E-state index is 11.8. The Morgan fingerprint density at radius 3 is 2.60 bits per heavy atom. The molecule has 20 heavy (non-hydrogen) atoms. The van der Waals surface area contributed by atoms with Gasteiger partial charge in [-0.05, 0) is 17.7 Å². The topological polar surface area (TPSA) is 75.6 Å². The van der Waals surface area contributed by atoms with Gasteiger partial charge >= 0.3 is 5.97 Å². The molecule has 1 aromatic carbocycles. The second-order valence-electron chi connectivity index (χ2n) is 4.09. The zero-order valence-electron chi connectivity index (χ0n) is 10.8. The Kier molecular flexibility index (Phi) is 6.97. The number of halogens is 1. The molecule has 1 aromatic rings. The molecule has 0 aromatic heterocycles. The maximum absolute atomic E-state index is 11.8. The van der Waals surface area contributed by atoms with Crippen LogP contribution in [0.15, 0.2) is 41.4 Å². The predicted molar refractivity (Wildman–Crippen MR) is 78.4 cm³/mol. The fourth-order valence-electron chi connectivity index (χ4n) is 1.48. The van der Waals surface area contributed by atoms with E-state index in [0.717, 1.165) is 10.0 Å². The number of hydrogen-bond donors (Lipinski definition) is 2. The van der Waals surface area contributed by atoms with Crippen LogP contribution in [0.5, 0.6) is 0 Å². The summed E-state index contributed by atoms with van der Waals surface area (Å²) < 4.78 is 5.97. The molecule has 0 aliphatic rings. The average Bonchev–Trinajstić information content (AvgIpc) is 2.40. The molecule has 6 heteroatoms. The lowest BCUT2D eigenvalue weighted by molar-refractivity contribution is -0.143. The van der Waals surface area contributed by atoms with E-state index >= 15 is 0 Å². The quantitative estimate of drug-likeness (QED) is 0.558. The van der Waals surface area contributed by atoms with E-state index < -0.39 is 12.0 Å². The molecule has 0 fully saturated rings. The van der Waals surface area contributed by atoms with Crippen molar-refractivity contribution in [2.24, 2.45) is 0 Å². The van der Waals surface area contributed by atoms with Gasteiger partial charge in [0.2, 0.25) is 5.91 Å². The fourth-order valence-corrected chi connectivity index (χ4v) is 1.74. The van der Waals surface area contributed by atoms with Gasteiger partial charge in [0, 0.05) is 4.47 Å². The summed E-state index contributed by atoms with van der Waals surface area (Å²) in [6.45, 7) is 3.62. The van der Waals surface area contributed by atoms with E-state index in [-0.39, 0.29) is 25.5 Å². The molecule has 0 saturated carbocycles. The smallest absolute Gasteiger partial charge is 0.328 e. The Balaban J connectivity index is 2.50. The van der Waals surface area contributed by atoms with Crippen LogP contribution in [-0.2, 0) is 20.7 Å². The highest BCUT2D eigenvalue weighted by Gasteiger charge is 2.19. The normalized spacial score (nSPS) is 11.7. The number of carboxylic acids is 1. The largest absolute Gasteiger partial charge is 0.480 e. The van der Waals surface area contributed by atoms with E-state index in [9.17, 15) is 9.59 Å². The number of hydrogen-bond acceptors (Lipinski definition) is 3. The number of amides is 1. The number of ether oxygens (including phenoxy) is 1. The molecule has 1 unspecified atom stereocenters. The number of nitrogens with one attached hydrogen (secondary N) is 1. The van der Waals surface area contributed by atoms with E-state index in [4.69, 9.17) is 9.84 Å². The van der Waals surface area contributed by atoms with Crippen molar-refractivity contribution in [1.29, 1.82) is 0 Å². The summed E-state index contributed by atoms with van der Waals surface area (Å²) in [6.07, 6.45) is 1.64. The Hall–Kier alpha value is -1.66. The Bertz CT molecular complexity index is 473. The van der Waals surface area contributed by atoms with Crippen molar-refractivity contribution < 1.29 is 19.4 Å². The Morgan fingerprint density at radius 1 is 1.40 bits per heavy atom. The summed E-state index contributed by atoms with van der Waals surface area (Å²) in [5.41, 5.74) is 0.807. The van der Waals surface area contributed by atoms with Crippen LogP contribution < -0.4 is 5.32 Å². The molecule has 0 radical (unpaired) electrons. The van der Waals surface area contributed by atoms with E-state index in [1.807, 2.05) is 12.1 Å². The number of aliphatic carboxylic acids is 1. The zero-order valence-corrected chi connectivity index (χ0v) is 12.4. The Morgan fingerprint density at radius 2 is 2.05 bits per heavy atom. The standard InChI is InChI=1S/C14H16BrNO4/c1-2-7-20-9-12(14(18)19)16-13(17)8-10-3-5-11(15)6-4-10/h2-6,12H,1,7-9H2,(H,16,17)(H,18,19). The molecule has 0 spiro atoms. The molecule has 0 aliphatic heterocycles. The maximum Gasteiger partial charge on any atom is 0.328 e. The highest BCUT2D eigenvalue weighted by Crippen LogP contribution is 2.10. The van der Waals surface area contributed by atoms with Gasteiger partial charge < -0.3 is 15.2 Å². The predicted octanol–water partition coefficient (Wildman–Crippen LogP) is 1.76. The molecule has 108 valence electrons. The van der Waals surface area contributed by atoms with Crippen LogP contribution >= 0.6 is 15.9 Å². The van der Waals surface area contributed by atoms with Crippen molar-refractivity contribution >= 4 is 27.8 Å². The molecule has 5 nitrogen and oxygen atoms in total. The van der Waals surface area contributed by atoms with Crippen molar-refractivity contribution in [2.75, 3.05) is 13.2 Å². The van der Waals surface area contributed by atoms with Gasteiger partial charge in [-0.1, -0.05) is 34.1 Å². The molecular weight excluding hydrogens is 326 g/mol. The number of carboxylic acid groups (broad SMARTS) is 1. The third kappa shape index (κ3) is 5.99. The lowest BCUT2D eigenvalue weighted by Crippen LogP contribution is -2.44. The van der Waals surface area contributed by atoms with Crippen molar-refractivity contribution in [3.8, 4) is 0 Å². The van der Waals surface area contributed by atoms with E-state index in [1.54, 1.807) is 12.1 Å². The van der Waals surface area contributed by atoms with Gasteiger partial charge in [0.25, 0.3) is 0 Å². The summed E-state index contributed by atoms with van der Waals surface area (Å²) in [5, 5.41) is 11.4. The SMILES string of the molecule is C=CCOCC(NC(=O)Cc1ccc(Br)cc1)C(=O)O. The molecule has 2 N–H and O–H groups in total. The molecule has 1 rings (SSSR count). The molecule has 0 bridgehead atoms.